The number of amides is 2. The zero-order chi connectivity index (χ0) is 18.5. The maximum absolute atomic E-state index is 12.2. The number of hydrogen-bond acceptors (Lipinski definition) is 3. The topological polar surface area (TPSA) is 53.6 Å². The van der Waals surface area contributed by atoms with Crippen LogP contribution in [0.15, 0.2) is 42.5 Å². The standard InChI is InChI=1S/C19H21Cl2N3O2/c1-13(22-19(25)23-18-12-15(20)4-7-17(18)21)14-2-5-16(6-3-14)24-8-10-26-11-9-24/h2-7,12-13H,8-11H2,1H3,(H2,22,23,25). The van der Waals surface area contributed by atoms with Crippen molar-refractivity contribution in [1.29, 1.82) is 0 Å². The third-order valence-corrected chi connectivity index (χ3v) is 4.86. The van der Waals surface area contributed by atoms with E-state index >= 15 is 0 Å². The monoisotopic (exact) mass is 393 g/mol. The second kappa shape index (κ2) is 8.62. The molecule has 1 fully saturated rings. The zero-order valence-electron chi connectivity index (χ0n) is 14.5. The Morgan fingerprint density at radius 3 is 2.50 bits per heavy atom. The van der Waals surface area contributed by atoms with E-state index in [1.54, 1.807) is 18.2 Å². The largest absolute Gasteiger partial charge is 0.378 e. The molecule has 5 nitrogen and oxygen atoms in total. The normalized spacial score (nSPS) is 15.4. The van der Waals surface area contributed by atoms with Gasteiger partial charge in [0.2, 0.25) is 0 Å². The molecule has 1 aliphatic rings. The molecule has 2 aromatic carbocycles. The first-order chi connectivity index (χ1) is 12.5. The highest BCUT2D eigenvalue weighted by Crippen LogP contribution is 2.25. The van der Waals surface area contributed by atoms with Crippen LogP contribution in [0.4, 0.5) is 16.2 Å². The van der Waals surface area contributed by atoms with Gasteiger partial charge >= 0.3 is 6.03 Å². The van der Waals surface area contributed by atoms with E-state index in [-0.39, 0.29) is 12.1 Å². The van der Waals surface area contributed by atoms with Crippen molar-refractivity contribution >= 4 is 40.6 Å². The number of rotatable bonds is 4. The van der Waals surface area contributed by atoms with Crippen LogP contribution < -0.4 is 15.5 Å². The fourth-order valence-corrected chi connectivity index (χ4v) is 3.16. The van der Waals surface area contributed by atoms with Crippen molar-refractivity contribution in [2.45, 2.75) is 13.0 Å². The molecule has 0 aliphatic carbocycles. The Bertz CT molecular complexity index is 762. The summed E-state index contributed by atoms with van der Waals surface area (Å²) in [6, 6.07) is 12.7. The van der Waals surface area contributed by atoms with Crippen molar-refractivity contribution in [3.05, 3.63) is 58.1 Å². The molecule has 0 saturated carbocycles. The predicted octanol–water partition coefficient (Wildman–Crippen LogP) is 4.71. The van der Waals surface area contributed by atoms with Crippen molar-refractivity contribution in [2.75, 3.05) is 36.5 Å². The summed E-state index contributed by atoms with van der Waals surface area (Å²) >= 11 is 12.0. The van der Waals surface area contributed by atoms with Gasteiger partial charge in [0, 0.05) is 23.8 Å². The highest BCUT2D eigenvalue weighted by Gasteiger charge is 2.14. The molecule has 0 spiro atoms. The predicted molar refractivity (Wildman–Crippen MR) is 107 cm³/mol. The molecule has 2 aromatic rings. The fraction of sp³-hybridized carbons (Fsp3) is 0.316. The van der Waals surface area contributed by atoms with Gasteiger partial charge in [-0.25, -0.2) is 4.79 Å². The molecular weight excluding hydrogens is 373 g/mol. The first kappa shape index (κ1) is 18.8. The van der Waals surface area contributed by atoms with Crippen molar-refractivity contribution in [3.8, 4) is 0 Å². The SMILES string of the molecule is CC(NC(=O)Nc1cc(Cl)ccc1Cl)c1ccc(N2CCOCC2)cc1. The van der Waals surface area contributed by atoms with Gasteiger partial charge < -0.3 is 20.3 Å². The van der Waals surface area contributed by atoms with Gasteiger partial charge in [-0.1, -0.05) is 35.3 Å². The number of carbonyl (C=O) groups excluding carboxylic acids is 1. The first-order valence-electron chi connectivity index (χ1n) is 8.48. The molecule has 0 aromatic heterocycles. The number of anilines is 2. The summed E-state index contributed by atoms with van der Waals surface area (Å²) < 4.78 is 5.38. The Kier molecular flexibility index (Phi) is 6.25. The Morgan fingerprint density at radius 2 is 1.81 bits per heavy atom. The van der Waals surface area contributed by atoms with Crippen molar-refractivity contribution in [2.24, 2.45) is 0 Å². The van der Waals surface area contributed by atoms with Gasteiger partial charge in [0.15, 0.2) is 0 Å². The van der Waals surface area contributed by atoms with Crippen molar-refractivity contribution < 1.29 is 9.53 Å². The number of nitrogens with zero attached hydrogens (tertiary/aromatic N) is 1. The minimum Gasteiger partial charge on any atom is -0.378 e. The second-order valence-electron chi connectivity index (χ2n) is 6.14. The van der Waals surface area contributed by atoms with E-state index in [1.807, 2.05) is 19.1 Å². The summed E-state index contributed by atoms with van der Waals surface area (Å²) in [5.41, 5.74) is 2.67. The van der Waals surface area contributed by atoms with Crippen molar-refractivity contribution in [3.63, 3.8) is 0 Å². The quantitative estimate of drug-likeness (QED) is 0.790. The Labute approximate surface area is 163 Å². The van der Waals surface area contributed by atoms with E-state index in [0.29, 0.717) is 15.7 Å². The minimum atomic E-state index is -0.334. The summed E-state index contributed by atoms with van der Waals surface area (Å²) in [5.74, 6) is 0. The lowest BCUT2D eigenvalue weighted by atomic mass is 10.1. The maximum atomic E-state index is 12.2. The summed E-state index contributed by atoms with van der Waals surface area (Å²) in [6.07, 6.45) is 0. The molecule has 1 unspecified atom stereocenters. The first-order valence-corrected chi connectivity index (χ1v) is 9.24. The highest BCUT2D eigenvalue weighted by molar-refractivity contribution is 6.35. The van der Waals surface area contributed by atoms with Gasteiger partial charge in [0.05, 0.1) is 30.0 Å². The number of benzene rings is 2. The lowest BCUT2D eigenvalue weighted by molar-refractivity contribution is 0.122. The van der Waals surface area contributed by atoms with Crippen LogP contribution in [0, 0.1) is 0 Å². The third-order valence-electron chi connectivity index (χ3n) is 4.29. The molecule has 1 heterocycles. The van der Waals surface area contributed by atoms with Gasteiger partial charge in [-0.05, 0) is 42.8 Å². The maximum Gasteiger partial charge on any atom is 0.319 e. The average molecular weight is 394 g/mol. The average Bonchev–Trinajstić information content (AvgIpc) is 2.65. The fourth-order valence-electron chi connectivity index (χ4n) is 2.83. The number of nitrogens with one attached hydrogen (secondary N) is 2. The van der Waals surface area contributed by atoms with Gasteiger partial charge in [0.25, 0.3) is 0 Å². The number of halogens is 2. The van der Waals surface area contributed by atoms with Crippen LogP contribution in [0.3, 0.4) is 0 Å². The molecule has 2 N–H and O–H groups in total. The third kappa shape index (κ3) is 4.81. The molecule has 138 valence electrons. The molecule has 0 bridgehead atoms. The summed E-state index contributed by atoms with van der Waals surface area (Å²) in [5, 5.41) is 6.58. The van der Waals surface area contributed by atoms with Gasteiger partial charge in [-0.2, -0.15) is 0 Å². The van der Waals surface area contributed by atoms with Crippen LogP contribution in [0.25, 0.3) is 0 Å². The molecular formula is C19H21Cl2N3O2. The van der Waals surface area contributed by atoms with Crippen LogP contribution in [-0.4, -0.2) is 32.3 Å². The number of urea groups is 1. The zero-order valence-corrected chi connectivity index (χ0v) is 16.0. The highest BCUT2D eigenvalue weighted by atomic mass is 35.5. The molecule has 1 saturated heterocycles. The van der Waals surface area contributed by atoms with E-state index < -0.39 is 0 Å². The Hall–Kier alpha value is -1.95. The molecule has 26 heavy (non-hydrogen) atoms. The van der Waals surface area contributed by atoms with E-state index in [2.05, 4.69) is 27.7 Å². The van der Waals surface area contributed by atoms with Gasteiger partial charge in [0.1, 0.15) is 0 Å². The number of ether oxygens (including phenoxy) is 1. The van der Waals surface area contributed by atoms with E-state index in [1.165, 1.54) is 5.69 Å². The minimum absolute atomic E-state index is 0.147. The smallest absolute Gasteiger partial charge is 0.319 e. The van der Waals surface area contributed by atoms with E-state index in [9.17, 15) is 4.79 Å². The van der Waals surface area contributed by atoms with Crippen LogP contribution >= 0.6 is 23.2 Å². The summed E-state index contributed by atoms with van der Waals surface area (Å²) in [4.78, 5) is 14.5. The molecule has 3 rings (SSSR count). The summed E-state index contributed by atoms with van der Waals surface area (Å²) in [6.45, 7) is 5.24. The van der Waals surface area contributed by atoms with Crippen LogP contribution in [0.2, 0.25) is 10.0 Å². The van der Waals surface area contributed by atoms with Crippen LogP contribution in [-0.2, 0) is 4.74 Å². The lowest BCUT2D eigenvalue weighted by Crippen LogP contribution is -2.36. The second-order valence-corrected chi connectivity index (χ2v) is 6.98. The Balaban J connectivity index is 1.59. The Morgan fingerprint density at radius 1 is 1.12 bits per heavy atom. The van der Waals surface area contributed by atoms with Crippen LogP contribution in [0.1, 0.15) is 18.5 Å². The number of carbonyl (C=O) groups is 1. The molecule has 2 amide bonds. The number of morpholine rings is 1. The van der Waals surface area contributed by atoms with E-state index in [4.69, 9.17) is 27.9 Å². The van der Waals surface area contributed by atoms with Crippen LogP contribution in [0.5, 0.6) is 0 Å². The number of hydrogen-bond donors (Lipinski definition) is 2. The van der Waals surface area contributed by atoms with E-state index in [0.717, 1.165) is 31.9 Å². The molecule has 1 aliphatic heterocycles. The summed E-state index contributed by atoms with van der Waals surface area (Å²) in [7, 11) is 0. The molecule has 7 heteroatoms. The molecule has 1 atom stereocenters. The van der Waals surface area contributed by atoms with Gasteiger partial charge in [-0.3, -0.25) is 0 Å². The van der Waals surface area contributed by atoms with Gasteiger partial charge in [-0.15, -0.1) is 0 Å². The molecule has 0 radical (unpaired) electrons. The lowest BCUT2D eigenvalue weighted by Gasteiger charge is -2.29. The van der Waals surface area contributed by atoms with Crippen molar-refractivity contribution in [1.82, 2.24) is 5.32 Å².